The Balaban J connectivity index is 3.49. The lowest BCUT2D eigenvalue weighted by Gasteiger charge is -2.34. The topological polar surface area (TPSA) is 81.9 Å². The predicted molar refractivity (Wildman–Crippen MR) is 74.3 cm³/mol. The van der Waals surface area contributed by atoms with Gasteiger partial charge >= 0.3 is 11.9 Å². The summed E-state index contributed by atoms with van der Waals surface area (Å²) in [5.41, 5.74) is 6.16. The molecule has 0 amide bonds. The van der Waals surface area contributed by atoms with Crippen LogP contribution in [0.25, 0.3) is 0 Å². The summed E-state index contributed by atoms with van der Waals surface area (Å²) in [5, 5.41) is 0. The van der Waals surface area contributed by atoms with E-state index in [0.29, 0.717) is 0 Å². The van der Waals surface area contributed by atoms with Gasteiger partial charge < -0.3 is 20.1 Å². The van der Waals surface area contributed by atoms with E-state index in [1.165, 1.54) is 26.6 Å². The SMILES string of the molecule is COC(=O)C1=CN(C)C=C(C(=O)OC)C1(N)C=C(C)C. The van der Waals surface area contributed by atoms with Crippen LogP contribution < -0.4 is 5.73 Å². The highest BCUT2D eigenvalue weighted by Gasteiger charge is 2.43. The number of carbonyl (C=O) groups excluding carboxylic acids is 2. The molecule has 0 saturated heterocycles. The van der Waals surface area contributed by atoms with Crippen LogP contribution in [0.2, 0.25) is 0 Å². The number of methoxy groups -OCH3 is 2. The summed E-state index contributed by atoms with van der Waals surface area (Å²) in [6.45, 7) is 3.66. The van der Waals surface area contributed by atoms with E-state index in [2.05, 4.69) is 0 Å². The first-order valence-electron chi connectivity index (χ1n) is 6.04. The molecule has 6 nitrogen and oxygen atoms in total. The van der Waals surface area contributed by atoms with Crippen LogP contribution in [0.3, 0.4) is 0 Å². The van der Waals surface area contributed by atoms with E-state index in [0.717, 1.165) is 5.57 Å². The second-order valence-electron chi connectivity index (χ2n) is 4.82. The van der Waals surface area contributed by atoms with Crippen LogP contribution in [0, 0.1) is 0 Å². The molecular formula is C14H20N2O4. The average molecular weight is 280 g/mol. The van der Waals surface area contributed by atoms with Gasteiger partial charge in [-0.15, -0.1) is 0 Å². The number of hydrogen-bond donors (Lipinski definition) is 1. The summed E-state index contributed by atoms with van der Waals surface area (Å²) >= 11 is 0. The van der Waals surface area contributed by atoms with Crippen molar-refractivity contribution in [3.63, 3.8) is 0 Å². The Kier molecular flexibility index (Phi) is 4.73. The Labute approximate surface area is 118 Å². The Morgan fingerprint density at radius 2 is 1.55 bits per heavy atom. The maximum atomic E-state index is 12.0. The summed E-state index contributed by atoms with van der Waals surface area (Å²) in [6.07, 6.45) is 4.72. The highest BCUT2D eigenvalue weighted by molar-refractivity contribution is 6.01. The predicted octanol–water partition coefficient (Wildman–Crippen LogP) is 0.709. The van der Waals surface area contributed by atoms with Gasteiger partial charge in [-0.25, -0.2) is 9.59 Å². The van der Waals surface area contributed by atoms with Crippen molar-refractivity contribution < 1.29 is 19.1 Å². The molecule has 0 spiro atoms. The number of carbonyl (C=O) groups is 2. The molecular weight excluding hydrogens is 260 g/mol. The molecule has 2 N–H and O–H groups in total. The first-order chi connectivity index (χ1) is 9.26. The standard InChI is InChI=1S/C14H20N2O4/c1-9(2)6-14(15)10(12(17)19-4)7-16(3)8-11(14)13(18)20-5/h6-8H,15H2,1-5H3. The van der Waals surface area contributed by atoms with Crippen molar-refractivity contribution in [2.24, 2.45) is 5.73 Å². The van der Waals surface area contributed by atoms with Crippen LogP contribution in [0.4, 0.5) is 0 Å². The van der Waals surface area contributed by atoms with Gasteiger partial charge in [0.25, 0.3) is 0 Å². The molecule has 0 saturated carbocycles. The smallest absolute Gasteiger partial charge is 0.337 e. The van der Waals surface area contributed by atoms with Gasteiger partial charge in [-0.2, -0.15) is 0 Å². The lowest BCUT2D eigenvalue weighted by atomic mass is 9.80. The largest absolute Gasteiger partial charge is 0.466 e. The summed E-state index contributed by atoms with van der Waals surface area (Å²) in [7, 11) is 4.22. The van der Waals surface area contributed by atoms with Gasteiger partial charge in [0.1, 0.15) is 5.54 Å². The number of allylic oxidation sites excluding steroid dienone is 1. The molecule has 20 heavy (non-hydrogen) atoms. The van der Waals surface area contributed by atoms with E-state index in [9.17, 15) is 9.59 Å². The lowest BCUT2D eigenvalue weighted by molar-refractivity contribution is -0.137. The van der Waals surface area contributed by atoms with Crippen LogP contribution in [0.1, 0.15) is 13.8 Å². The van der Waals surface area contributed by atoms with Gasteiger partial charge in [-0.3, -0.25) is 0 Å². The quantitative estimate of drug-likeness (QED) is 0.605. The third-order valence-electron chi connectivity index (χ3n) is 2.88. The van der Waals surface area contributed by atoms with Crippen molar-refractivity contribution in [3.8, 4) is 0 Å². The fourth-order valence-corrected chi connectivity index (χ4v) is 2.08. The molecule has 0 atom stereocenters. The van der Waals surface area contributed by atoms with Crippen LogP contribution in [-0.2, 0) is 19.1 Å². The highest BCUT2D eigenvalue weighted by atomic mass is 16.5. The van der Waals surface area contributed by atoms with E-state index in [4.69, 9.17) is 15.2 Å². The molecule has 0 unspecified atom stereocenters. The van der Waals surface area contributed by atoms with Gasteiger partial charge in [0.05, 0.1) is 25.4 Å². The van der Waals surface area contributed by atoms with Crippen LogP contribution >= 0.6 is 0 Å². The second kappa shape index (κ2) is 5.92. The Bertz CT molecular complexity index is 479. The molecule has 1 heterocycles. The number of esters is 2. The van der Waals surface area contributed by atoms with Gasteiger partial charge in [-0.05, 0) is 13.8 Å². The minimum atomic E-state index is -1.37. The Hall–Kier alpha value is -2.08. The third kappa shape index (κ3) is 2.91. The molecule has 0 aromatic carbocycles. The lowest BCUT2D eigenvalue weighted by Crippen LogP contribution is -2.50. The number of hydrogen-bond acceptors (Lipinski definition) is 6. The first-order valence-corrected chi connectivity index (χ1v) is 6.04. The van der Waals surface area contributed by atoms with E-state index in [1.54, 1.807) is 18.0 Å². The second-order valence-corrected chi connectivity index (χ2v) is 4.82. The van der Waals surface area contributed by atoms with Crippen molar-refractivity contribution in [1.29, 1.82) is 0 Å². The molecule has 1 aliphatic heterocycles. The van der Waals surface area contributed by atoms with E-state index < -0.39 is 17.5 Å². The zero-order valence-electron chi connectivity index (χ0n) is 12.4. The molecule has 0 bridgehead atoms. The first kappa shape index (κ1) is 16.0. The Morgan fingerprint density at radius 1 is 1.15 bits per heavy atom. The average Bonchev–Trinajstić information content (AvgIpc) is 2.38. The van der Waals surface area contributed by atoms with Crippen LogP contribution in [-0.4, -0.2) is 43.6 Å². The summed E-state index contributed by atoms with van der Waals surface area (Å²) < 4.78 is 9.51. The molecule has 0 aromatic rings. The zero-order valence-corrected chi connectivity index (χ0v) is 12.4. The number of ether oxygens (including phenoxy) is 2. The molecule has 1 rings (SSSR count). The monoisotopic (exact) mass is 280 g/mol. The molecule has 0 aromatic heterocycles. The van der Waals surface area contributed by atoms with Gasteiger partial charge in [0, 0.05) is 19.4 Å². The maximum Gasteiger partial charge on any atom is 0.337 e. The van der Waals surface area contributed by atoms with Crippen LogP contribution in [0.15, 0.2) is 35.2 Å². The normalized spacial score (nSPS) is 16.8. The van der Waals surface area contributed by atoms with E-state index >= 15 is 0 Å². The molecule has 0 fully saturated rings. The number of nitrogens with two attached hydrogens (primary N) is 1. The zero-order chi connectivity index (χ0) is 15.5. The summed E-state index contributed by atoms with van der Waals surface area (Å²) in [4.78, 5) is 25.5. The van der Waals surface area contributed by atoms with Crippen molar-refractivity contribution in [2.75, 3.05) is 21.3 Å². The minimum absolute atomic E-state index is 0.173. The van der Waals surface area contributed by atoms with Gasteiger partial charge in [0.2, 0.25) is 0 Å². The van der Waals surface area contributed by atoms with E-state index in [1.807, 2.05) is 13.8 Å². The van der Waals surface area contributed by atoms with Crippen molar-refractivity contribution in [2.45, 2.75) is 19.4 Å². The minimum Gasteiger partial charge on any atom is -0.466 e. The Morgan fingerprint density at radius 3 is 1.85 bits per heavy atom. The number of nitrogens with zero attached hydrogens (tertiary/aromatic N) is 1. The summed E-state index contributed by atoms with van der Waals surface area (Å²) in [6, 6.07) is 0. The van der Waals surface area contributed by atoms with Crippen LogP contribution in [0.5, 0.6) is 0 Å². The van der Waals surface area contributed by atoms with E-state index in [-0.39, 0.29) is 11.1 Å². The van der Waals surface area contributed by atoms with Gasteiger partial charge in [0.15, 0.2) is 0 Å². The molecule has 0 aliphatic carbocycles. The van der Waals surface area contributed by atoms with Crippen molar-refractivity contribution in [3.05, 3.63) is 35.2 Å². The maximum absolute atomic E-state index is 12.0. The van der Waals surface area contributed by atoms with Crippen molar-refractivity contribution >= 4 is 11.9 Å². The summed E-state index contributed by atoms with van der Waals surface area (Å²) in [5.74, 6) is -1.18. The molecule has 1 aliphatic rings. The number of rotatable bonds is 3. The fourth-order valence-electron chi connectivity index (χ4n) is 2.08. The van der Waals surface area contributed by atoms with Gasteiger partial charge in [-0.1, -0.05) is 11.6 Å². The highest BCUT2D eigenvalue weighted by Crippen LogP contribution is 2.32. The third-order valence-corrected chi connectivity index (χ3v) is 2.88. The van der Waals surface area contributed by atoms with Crippen molar-refractivity contribution in [1.82, 2.24) is 4.90 Å². The molecule has 0 radical (unpaired) electrons. The molecule has 6 heteroatoms. The fraction of sp³-hybridized carbons (Fsp3) is 0.429. The molecule has 110 valence electrons.